The second-order valence-corrected chi connectivity index (χ2v) is 38.7. The summed E-state index contributed by atoms with van der Waals surface area (Å²) in [5.74, 6) is 0. The Labute approximate surface area is 321 Å². The number of ether oxygens (including phenoxy) is 4. The largest absolute Gasteiger partial charge is 0.437 e. The fourth-order valence-corrected chi connectivity index (χ4v) is 31.9. The van der Waals surface area contributed by atoms with E-state index in [0.717, 1.165) is 44.8 Å². The Bertz CT molecular complexity index is 1260. The molecule has 0 N–H and O–H groups in total. The quantitative estimate of drug-likeness (QED) is 0.0645. The highest BCUT2D eigenvalue weighted by atomic mass is 28.5. The maximum atomic E-state index is 7.02. The third kappa shape index (κ3) is 17.4. The average Bonchev–Trinajstić information content (AvgIpc) is 4.00. The molecule has 0 saturated carbocycles. The van der Waals surface area contributed by atoms with Crippen LogP contribution in [0.1, 0.15) is 12.8 Å². The van der Waals surface area contributed by atoms with Crippen molar-refractivity contribution in [2.24, 2.45) is 0 Å². The Morgan fingerprint density at radius 2 is 0.904 bits per heavy atom. The van der Waals surface area contributed by atoms with Crippen LogP contribution < -0.4 is 10.4 Å². The summed E-state index contributed by atoms with van der Waals surface area (Å²) < 4.78 is 59.7. The second-order valence-electron chi connectivity index (χ2n) is 16.0. The van der Waals surface area contributed by atoms with Gasteiger partial charge in [-0.3, -0.25) is 0 Å². The zero-order valence-corrected chi connectivity index (χ0v) is 40.1. The van der Waals surface area contributed by atoms with Crippen molar-refractivity contribution in [2.45, 2.75) is 103 Å². The number of hydrogen-bond donors (Lipinski definition) is 0. The zero-order chi connectivity index (χ0) is 38.5. The van der Waals surface area contributed by atoms with Crippen molar-refractivity contribution in [3.8, 4) is 0 Å². The molecule has 0 aliphatic carbocycles. The van der Waals surface area contributed by atoms with E-state index in [0.29, 0.717) is 32.0 Å². The number of benzene rings is 2. The smallest absolute Gasteiger partial charge is 0.325 e. The van der Waals surface area contributed by atoms with Crippen LogP contribution >= 0.6 is 0 Å². The van der Waals surface area contributed by atoms with Gasteiger partial charge in [0.05, 0.1) is 26.4 Å². The molecule has 52 heavy (non-hydrogen) atoms. The predicted octanol–water partition coefficient (Wildman–Crippen LogP) is 6.72. The molecule has 2 saturated heterocycles. The lowest BCUT2D eigenvalue weighted by molar-refractivity contribution is 0.115. The molecule has 0 bridgehead atoms. The summed E-state index contributed by atoms with van der Waals surface area (Å²) in [4.78, 5) is 0. The van der Waals surface area contributed by atoms with E-state index in [4.69, 9.17) is 44.3 Å². The summed E-state index contributed by atoms with van der Waals surface area (Å²) in [7, 11) is -9.69. The number of rotatable bonds is 24. The van der Waals surface area contributed by atoms with Gasteiger partial charge in [0.2, 0.25) is 8.32 Å². The molecule has 0 radical (unpaired) electrons. The van der Waals surface area contributed by atoms with Gasteiger partial charge in [0.15, 0.2) is 8.32 Å². The summed E-state index contributed by atoms with van der Waals surface area (Å²) in [6.07, 6.45) is 2.52. The van der Waals surface area contributed by atoms with Crippen molar-refractivity contribution >= 4 is 61.3 Å². The first kappa shape index (κ1) is 45.7. The molecule has 2 fully saturated rings. The minimum absolute atomic E-state index is 0.306. The molecular formula is C36H68O10Si6. The Morgan fingerprint density at radius 3 is 1.23 bits per heavy atom. The van der Waals surface area contributed by atoms with Gasteiger partial charge in [-0.15, -0.1) is 0 Å². The first-order valence-corrected chi connectivity index (χ1v) is 35.2. The maximum absolute atomic E-state index is 7.02. The van der Waals surface area contributed by atoms with E-state index in [1.165, 1.54) is 10.4 Å². The highest BCUT2D eigenvalue weighted by Crippen LogP contribution is 2.26. The molecule has 2 aromatic carbocycles. The minimum Gasteiger partial charge on any atom is -0.437 e. The molecule has 0 spiro atoms. The summed E-state index contributed by atoms with van der Waals surface area (Å²) in [6.45, 7) is 26.2. The van der Waals surface area contributed by atoms with Crippen molar-refractivity contribution < 1.29 is 44.3 Å². The topological polar surface area (TPSA) is 98.9 Å². The maximum Gasteiger partial charge on any atom is 0.325 e. The third-order valence-electron chi connectivity index (χ3n) is 8.69. The lowest BCUT2D eigenvalue weighted by Gasteiger charge is -2.40. The average molecular weight is 829 g/mol. The standard InChI is InChI=1S/C23H36O5Si3.C13H32O5Si3/c1-24-30(4,18-12-17-25-19-21-20-26-21)27-29(2,3)28-31(5,22-13-8-6-9-14-22)23-15-10-7-11-16-23;1-14-21(7,10-8-9-15-11-13-12-16-13)18-20(5,6)17-19(2,3)4/h6-11,13-16,21H,12,17-20H2,1-5H3;13H,8-12H2,1-7H3. The zero-order valence-electron chi connectivity index (χ0n) is 34.1. The van der Waals surface area contributed by atoms with E-state index in [1.54, 1.807) is 14.2 Å². The van der Waals surface area contributed by atoms with Crippen LogP contribution in [0.2, 0.25) is 77.6 Å². The van der Waals surface area contributed by atoms with Gasteiger partial charge < -0.3 is 44.3 Å². The van der Waals surface area contributed by atoms with E-state index >= 15 is 0 Å². The van der Waals surface area contributed by atoms with Crippen molar-refractivity contribution in [3.63, 3.8) is 0 Å². The molecule has 296 valence electrons. The number of hydrogen-bond acceptors (Lipinski definition) is 10. The normalized spacial score (nSPS) is 20.0. The molecule has 16 heteroatoms. The fraction of sp³-hybridized carbons (Fsp3) is 0.667. The summed E-state index contributed by atoms with van der Waals surface area (Å²) in [5.41, 5.74) is 0. The highest BCUT2D eigenvalue weighted by Gasteiger charge is 2.46. The summed E-state index contributed by atoms with van der Waals surface area (Å²) in [5, 5.41) is 2.50. The third-order valence-corrected chi connectivity index (χ3v) is 31.2. The molecule has 4 atom stereocenters. The lowest BCUT2D eigenvalue weighted by Crippen LogP contribution is -2.65. The molecule has 2 aliphatic rings. The Kier molecular flexibility index (Phi) is 18.0. The SMILES string of the molecule is CO[Si](C)(CCCOCC1CO1)O[Si](C)(C)O[Si](C)(C)C.CO[Si](C)(CCCOCC1CO1)O[Si](C)(C)O[Si](C)(c1ccccc1)c1ccccc1. The van der Waals surface area contributed by atoms with Gasteiger partial charge in [-0.1, -0.05) is 60.7 Å². The van der Waals surface area contributed by atoms with Crippen molar-refractivity contribution in [2.75, 3.05) is 53.9 Å². The van der Waals surface area contributed by atoms with E-state index in [-0.39, 0.29) is 0 Å². The first-order valence-electron chi connectivity index (χ1n) is 18.7. The van der Waals surface area contributed by atoms with Crippen LogP contribution in [0.3, 0.4) is 0 Å². The number of epoxide rings is 2. The fourth-order valence-electron chi connectivity index (χ4n) is 6.25. The molecule has 0 aromatic heterocycles. The van der Waals surface area contributed by atoms with Crippen LogP contribution in [0.25, 0.3) is 0 Å². The van der Waals surface area contributed by atoms with Crippen molar-refractivity contribution in [1.82, 2.24) is 0 Å². The van der Waals surface area contributed by atoms with Crippen LogP contribution in [0.5, 0.6) is 0 Å². The van der Waals surface area contributed by atoms with Crippen molar-refractivity contribution in [3.05, 3.63) is 60.7 Å². The van der Waals surface area contributed by atoms with E-state index in [2.05, 4.69) is 126 Å². The molecular weight excluding hydrogens is 761 g/mol. The molecule has 0 amide bonds. The van der Waals surface area contributed by atoms with Gasteiger partial charge in [0, 0.05) is 27.4 Å². The van der Waals surface area contributed by atoms with E-state index in [1.807, 2.05) is 0 Å². The monoisotopic (exact) mass is 828 g/mol. The molecule has 4 unspecified atom stereocenters. The minimum atomic E-state index is -2.50. The molecule has 2 aliphatic heterocycles. The van der Waals surface area contributed by atoms with Gasteiger partial charge >= 0.3 is 34.2 Å². The highest BCUT2D eigenvalue weighted by molar-refractivity contribution is 7.01. The van der Waals surface area contributed by atoms with Crippen LogP contribution in [0, 0.1) is 0 Å². The second kappa shape index (κ2) is 20.5. The van der Waals surface area contributed by atoms with Gasteiger partial charge in [-0.25, -0.2) is 0 Å². The molecule has 10 nitrogen and oxygen atoms in total. The predicted molar refractivity (Wildman–Crippen MR) is 224 cm³/mol. The Morgan fingerprint density at radius 1 is 0.538 bits per heavy atom. The molecule has 4 rings (SSSR count). The Balaban J connectivity index is 0.000000304. The van der Waals surface area contributed by atoms with Crippen molar-refractivity contribution in [1.29, 1.82) is 0 Å². The molecule has 2 aromatic rings. The van der Waals surface area contributed by atoms with Crippen LogP contribution in [0.4, 0.5) is 0 Å². The summed E-state index contributed by atoms with van der Waals surface area (Å²) in [6, 6.07) is 23.0. The Hall–Kier alpha value is -0.659. The lowest BCUT2D eigenvalue weighted by atomic mass is 10.4. The van der Waals surface area contributed by atoms with Crippen LogP contribution in [0.15, 0.2) is 60.7 Å². The van der Waals surface area contributed by atoms with Crippen LogP contribution in [-0.4, -0.2) is 117 Å². The van der Waals surface area contributed by atoms with Crippen LogP contribution in [-0.2, 0) is 44.3 Å². The van der Waals surface area contributed by atoms with E-state index in [9.17, 15) is 0 Å². The summed E-state index contributed by atoms with van der Waals surface area (Å²) >= 11 is 0. The molecule has 2 heterocycles. The first-order chi connectivity index (χ1) is 24.3. The van der Waals surface area contributed by atoms with Gasteiger partial charge in [0.25, 0.3) is 0 Å². The van der Waals surface area contributed by atoms with E-state index < -0.39 is 50.9 Å². The van der Waals surface area contributed by atoms with Gasteiger partial charge in [0.1, 0.15) is 12.2 Å². The van der Waals surface area contributed by atoms with Gasteiger partial charge in [-0.05, 0) is 101 Å². The van der Waals surface area contributed by atoms with Gasteiger partial charge in [-0.2, -0.15) is 0 Å².